The van der Waals surface area contributed by atoms with Gasteiger partial charge in [-0.05, 0) is 108 Å². The number of rotatable bonds is 6. The first kappa shape index (κ1) is 32.1. The summed E-state index contributed by atoms with van der Waals surface area (Å²) in [4.78, 5) is 15.3. The summed E-state index contributed by atoms with van der Waals surface area (Å²) in [5.74, 6) is 4.70. The monoisotopic (exact) mass is 710 g/mol. The minimum atomic E-state index is 0.374. The lowest BCUT2D eigenvalue weighted by atomic mass is 9.48. The Morgan fingerprint density at radius 1 is 0.509 bits per heavy atom. The Kier molecular flexibility index (Phi) is 7.35. The van der Waals surface area contributed by atoms with E-state index in [4.69, 9.17) is 19.4 Å². The van der Waals surface area contributed by atoms with Crippen LogP contribution in [0.15, 0.2) is 144 Å². The number of para-hydroxylation sites is 1. The maximum Gasteiger partial charge on any atom is 0.164 e. The van der Waals surface area contributed by atoms with Crippen LogP contribution in [0.1, 0.15) is 49.7 Å². The van der Waals surface area contributed by atoms with Gasteiger partial charge in [-0.15, -0.1) is 0 Å². The maximum atomic E-state index is 9.60. The van der Waals surface area contributed by atoms with Gasteiger partial charge in [0, 0.05) is 27.5 Å². The molecule has 0 unspecified atom stereocenters. The van der Waals surface area contributed by atoms with Crippen LogP contribution in [0.5, 0.6) is 0 Å². The summed E-state index contributed by atoms with van der Waals surface area (Å²) in [6.07, 6.45) is 8.48. The molecule has 2 heterocycles. The highest BCUT2D eigenvalue weighted by Crippen LogP contribution is 2.60. The number of nitriles is 1. The van der Waals surface area contributed by atoms with Crippen molar-refractivity contribution in [1.29, 1.82) is 5.26 Å². The third-order valence-electron chi connectivity index (χ3n) is 12.8. The fraction of sp³-hybridized carbons (Fsp3) is 0.200. The molecule has 2 aromatic heterocycles. The molecule has 0 atom stereocenters. The van der Waals surface area contributed by atoms with E-state index >= 15 is 0 Å². The van der Waals surface area contributed by atoms with Crippen LogP contribution in [0.3, 0.4) is 0 Å². The van der Waals surface area contributed by atoms with Crippen LogP contribution in [0, 0.1) is 29.1 Å². The van der Waals surface area contributed by atoms with E-state index in [1.807, 2.05) is 36.4 Å². The number of furan rings is 1. The van der Waals surface area contributed by atoms with Gasteiger partial charge in [0.25, 0.3) is 0 Å². The fourth-order valence-electron chi connectivity index (χ4n) is 10.6. The van der Waals surface area contributed by atoms with Crippen molar-refractivity contribution in [2.75, 3.05) is 0 Å². The third kappa shape index (κ3) is 5.47. The molecule has 55 heavy (non-hydrogen) atoms. The zero-order valence-corrected chi connectivity index (χ0v) is 30.5. The lowest BCUT2D eigenvalue weighted by Gasteiger charge is -2.57. The van der Waals surface area contributed by atoms with Crippen molar-refractivity contribution in [1.82, 2.24) is 15.0 Å². The van der Waals surface area contributed by atoms with Gasteiger partial charge in [0.1, 0.15) is 11.7 Å². The summed E-state index contributed by atoms with van der Waals surface area (Å²) in [7, 11) is 0. The Labute approximate surface area is 320 Å². The standard InChI is InChI=1S/C50H38N4O/c51-30-39-9-6-12-42-44-26-38(19-22-45(44)55-46(39)42)34-13-15-37(16-14-34)48-52-47(36-7-2-1-3-8-36)53-49(54-48)43-11-5-4-10-41(43)35-17-20-40(21-18-35)50-27-31-23-32(28-50)25-33(24-31)29-50/h1-22,26,31-33H,23-25,27-29H2/t31-,32+,33-,50?. The molecule has 4 bridgehead atoms. The zero-order chi connectivity index (χ0) is 36.5. The summed E-state index contributed by atoms with van der Waals surface area (Å²) < 4.78 is 6.08. The number of nitrogens with zero attached hydrogens (tertiary/aromatic N) is 4. The molecule has 0 saturated heterocycles. The van der Waals surface area contributed by atoms with Crippen molar-refractivity contribution >= 4 is 21.9 Å². The summed E-state index contributed by atoms with van der Waals surface area (Å²) in [5, 5.41) is 11.5. The van der Waals surface area contributed by atoms with Crippen LogP contribution >= 0.6 is 0 Å². The number of benzene rings is 6. The Morgan fingerprint density at radius 2 is 1.09 bits per heavy atom. The zero-order valence-electron chi connectivity index (χ0n) is 30.5. The van der Waals surface area contributed by atoms with Gasteiger partial charge in [-0.3, -0.25) is 0 Å². The van der Waals surface area contributed by atoms with Gasteiger partial charge in [-0.25, -0.2) is 15.0 Å². The molecule has 4 aliphatic carbocycles. The van der Waals surface area contributed by atoms with Crippen molar-refractivity contribution in [3.63, 3.8) is 0 Å². The predicted molar refractivity (Wildman–Crippen MR) is 219 cm³/mol. The first-order valence-corrected chi connectivity index (χ1v) is 19.6. The van der Waals surface area contributed by atoms with Gasteiger partial charge in [-0.1, -0.05) is 121 Å². The summed E-state index contributed by atoms with van der Waals surface area (Å²) in [6.45, 7) is 0. The second kappa shape index (κ2) is 12.6. The van der Waals surface area contributed by atoms with Gasteiger partial charge in [-0.2, -0.15) is 5.26 Å². The van der Waals surface area contributed by atoms with Gasteiger partial charge in [0.2, 0.25) is 0 Å². The highest BCUT2D eigenvalue weighted by molar-refractivity contribution is 6.07. The van der Waals surface area contributed by atoms with Crippen molar-refractivity contribution in [2.45, 2.75) is 43.9 Å². The quantitative estimate of drug-likeness (QED) is 0.172. The molecule has 8 aromatic rings. The van der Waals surface area contributed by atoms with E-state index in [1.54, 1.807) is 6.07 Å². The molecule has 0 amide bonds. The second-order valence-corrected chi connectivity index (χ2v) is 16.2. The number of fused-ring (bicyclic) bond motifs is 3. The van der Waals surface area contributed by atoms with Gasteiger partial charge in [0.05, 0.1) is 5.56 Å². The molecule has 264 valence electrons. The molecule has 5 nitrogen and oxygen atoms in total. The minimum absolute atomic E-state index is 0.374. The van der Waals surface area contributed by atoms with E-state index in [0.717, 1.165) is 67.5 Å². The Bertz CT molecular complexity index is 2760. The summed E-state index contributed by atoms with van der Waals surface area (Å²) in [5.41, 5.74) is 11.1. The average Bonchev–Trinajstić information content (AvgIpc) is 3.62. The molecule has 6 aromatic carbocycles. The number of hydrogen-bond donors (Lipinski definition) is 0. The summed E-state index contributed by atoms with van der Waals surface area (Å²) >= 11 is 0. The van der Waals surface area contributed by atoms with Crippen LogP contribution in [0.2, 0.25) is 0 Å². The molecule has 0 N–H and O–H groups in total. The van der Waals surface area contributed by atoms with E-state index in [1.165, 1.54) is 49.7 Å². The predicted octanol–water partition coefficient (Wildman–Crippen LogP) is 12.4. The van der Waals surface area contributed by atoms with Gasteiger partial charge < -0.3 is 4.42 Å². The lowest BCUT2D eigenvalue weighted by molar-refractivity contribution is -0.00518. The lowest BCUT2D eigenvalue weighted by Crippen LogP contribution is -2.48. The first-order chi connectivity index (χ1) is 27.1. The highest BCUT2D eigenvalue weighted by atomic mass is 16.3. The van der Waals surface area contributed by atoms with Crippen LogP contribution in [0.4, 0.5) is 0 Å². The average molecular weight is 711 g/mol. The molecule has 4 fully saturated rings. The molecule has 12 rings (SSSR count). The molecule has 4 saturated carbocycles. The van der Waals surface area contributed by atoms with Crippen LogP contribution < -0.4 is 0 Å². The molecule has 5 heteroatoms. The molecule has 0 radical (unpaired) electrons. The fourth-order valence-corrected chi connectivity index (χ4v) is 10.6. The third-order valence-corrected chi connectivity index (χ3v) is 12.8. The SMILES string of the molecule is N#Cc1cccc2c1oc1ccc(-c3ccc(-c4nc(-c5ccccc5)nc(-c5ccccc5-c5ccc(C67C[C@H]8C[C@@H](C6)C[C@@H](C7)C8)cc5)n4)cc3)cc12. The van der Waals surface area contributed by atoms with Gasteiger partial charge in [0.15, 0.2) is 23.1 Å². The molecule has 0 aliphatic heterocycles. The Hall–Kier alpha value is -6.38. The van der Waals surface area contributed by atoms with Gasteiger partial charge >= 0.3 is 0 Å². The van der Waals surface area contributed by atoms with Crippen LogP contribution in [-0.4, -0.2) is 15.0 Å². The van der Waals surface area contributed by atoms with E-state index in [-0.39, 0.29) is 0 Å². The van der Waals surface area contributed by atoms with Crippen LogP contribution in [0.25, 0.3) is 78.4 Å². The topological polar surface area (TPSA) is 75.6 Å². The molecule has 0 spiro atoms. The second-order valence-electron chi connectivity index (χ2n) is 16.2. The minimum Gasteiger partial charge on any atom is -0.455 e. The van der Waals surface area contributed by atoms with E-state index in [0.29, 0.717) is 34.0 Å². The van der Waals surface area contributed by atoms with Crippen molar-refractivity contribution in [2.24, 2.45) is 17.8 Å². The Morgan fingerprint density at radius 3 is 1.78 bits per heavy atom. The van der Waals surface area contributed by atoms with E-state index in [9.17, 15) is 5.26 Å². The molecular weight excluding hydrogens is 673 g/mol. The summed E-state index contributed by atoms with van der Waals surface area (Å²) in [6, 6.07) is 50.7. The van der Waals surface area contributed by atoms with Crippen molar-refractivity contribution < 1.29 is 4.42 Å². The Balaban J connectivity index is 0.958. The maximum absolute atomic E-state index is 9.60. The smallest absolute Gasteiger partial charge is 0.164 e. The largest absolute Gasteiger partial charge is 0.455 e. The van der Waals surface area contributed by atoms with Crippen molar-refractivity contribution in [3.05, 3.63) is 151 Å². The normalized spacial score (nSPS) is 21.3. The molecule has 4 aliphatic rings. The number of aromatic nitrogens is 3. The van der Waals surface area contributed by atoms with E-state index in [2.05, 4.69) is 103 Å². The van der Waals surface area contributed by atoms with Crippen LogP contribution in [-0.2, 0) is 5.41 Å². The highest BCUT2D eigenvalue weighted by Gasteiger charge is 2.51. The van der Waals surface area contributed by atoms with E-state index < -0.39 is 0 Å². The number of hydrogen-bond acceptors (Lipinski definition) is 5. The molecular formula is C50H38N4O. The first-order valence-electron chi connectivity index (χ1n) is 19.6. The van der Waals surface area contributed by atoms with Crippen molar-refractivity contribution in [3.8, 4) is 62.5 Å².